The summed E-state index contributed by atoms with van der Waals surface area (Å²) in [5.74, 6) is -1.80. The summed E-state index contributed by atoms with van der Waals surface area (Å²) in [5, 5.41) is 0. The molecule has 14 heavy (non-hydrogen) atoms. The van der Waals surface area contributed by atoms with Crippen LogP contribution in [-0.4, -0.2) is 24.6 Å². The van der Waals surface area contributed by atoms with Gasteiger partial charge in [0.2, 0.25) is 0 Å². The van der Waals surface area contributed by atoms with Crippen LogP contribution in [-0.2, 0) is 19.1 Å². The number of hydrogen-bond acceptors (Lipinski definition) is 4. The maximum absolute atomic E-state index is 11.4. The number of esters is 2. The van der Waals surface area contributed by atoms with Crippen LogP contribution in [0.3, 0.4) is 0 Å². The summed E-state index contributed by atoms with van der Waals surface area (Å²) < 4.78 is 9.74. The van der Waals surface area contributed by atoms with Crippen molar-refractivity contribution in [3.8, 4) is 0 Å². The molecule has 1 heterocycles. The van der Waals surface area contributed by atoms with E-state index in [9.17, 15) is 9.59 Å². The molecule has 1 saturated heterocycles. The Morgan fingerprint density at radius 1 is 1.57 bits per heavy atom. The Labute approximate surface area is 83.6 Å². The summed E-state index contributed by atoms with van der Waals surface area (Å²) in [4.78, 5) is 22.8. The standard InChI is InChI=1S/C10H16O4/c1-5-6-7(8(11)13-4)9(12)14-10(6,2)3/h6-7H,5H2,1-4H3. The van der Waals surface area contributed by atoms with E-state index in [1.165, 1.54) is 7.11 Å². The average molecular weight is 200 g/mol. The molecule has 0 aromatic rings. The van der Waals surface area contributed by atoms with Gasteiger partial charge in [-0.3, -0.25) is 9.59 Å². The van der Waals surface area contributed by atoms with Crippen molar-refractivity contribution in [1.29, 1.82) is 0 Å². The van der Waals surface area contributed by atoms with Gasteiger partial charge in [0.15, 0.2) is 5.92 Å². The maximum atomic E-state index is 11.4. The largest absolute Gasteiger partial charge is 0.468 e. The van der Waals surface area contributed by atoms with E-state index in [0.29, 0.717) is 0 Å². The average Bonchev–Trinajstić information content (AvgIpc) is 2.33. The third-order valence-electron chi connectivity index (χ3n) is 2.81. The van der Waals surface area contributed by atoms with Gasteiger partial charge in [0, 0.05) is 5.92 Å². The van der Waals surface area contributed by atoms with Gasteiger partial charge in [-0.15, -0.1) is 0 Å². The smallest absolute Gasteiger partial charge is 0.321 e. The Balaban J connectivity index is 2.94. The van der Waals surface area contributed by atoms with Crippen molar-refractivity contribution in [3.05, 3.63) is 0 Å². The monoisotopic (exact) mass is 200 g/mol. The molecule has 80 valence electrons. The van der Waals surface area contributed by atoms with Crippen LogP contribution in [0.25, 0.3) is 0 Å². The van der Waals surface area contributed by atoms with Crippen molar-refractivity contribution < 1.29 is 19.1 Å². The van der Waals surface area contributed by atoms with Crippen LogP contribution in [0.4, 0.5) is 0 Å². The first-order valence-corrected chi connectivity index (χ1v) is 4.74. The van der Waals surface area contributed by atoms with Gasteiger partial charge in [-0.05, 0) is 20.3 Å². The van der Waals surface area contributed by atoms with E-state index in [0.717, 1.165) is 6.42 Å². The number of methoxy groups -OCH3 is 1. The van der Waals surface area contributed by atoms with Crippen LogP contribution in [0.1, 0.15) is 27.2 Å². The molecule has 4 heteroatoms. The number of ether oxygens (including phenoxy) is 2. The lowest BCUT2D eigenvalue weighted by atomic mass is 9.81. The third-order valence-corrected chi connectivity index (χ3v) is 2.81. The summed E-state index contributed by atoms with van der Waals surface area (Å²) in [7, 11) is 1.29. The number of cyclic esters (lactones) is 1. The van der Waals surface area contributed by atoms with Crippen LogP contribution < -0.4 is 0 Å². The van der Waals surface area contributed by atoms with E-state index >= 15 is 0 Å². The Bertz CT molecular complexity index is 257. The van der Waals surface area contributed by atoms with Crippen LogP contribution in [0.5, 0.6) is 0 Å². The zero-order valence-electron chi connectivity index (χ0n) is 8.99. The summed E-state index contributed by atoms with van der Waals surface area (Å²) in [5.41, 5.74) is -0.565. The molecule has 0 aromatic heterocycles. The Hall–Kier alpha value is -1.06. The Morgan fingerprint density at radius 3 is 2.57 bits per heavy atom. The second-order valence-electron chi connectivity index (χ2n) is 4.04. The molecule has 0 aliphatic carbocycles. The number of rotatable bonds is 2. The fourth-order valence-corrected chi connectivity index (χ4v) is 2.08. The Kier molecular flexibility index (Phi) is 2.83. The van der Waals surface area contributed by atoms with Gasteiger partial charge >= 0.3 is 11.9 Å². The van der Waals surface area contributed by atoms with E-state index in [1.807, 2.05) is 20.8 Å². The molecule has 1 fully saturated rings. The van der Waals surface area contributed by atoms with Gasteiger partial charge in [-0.25, -0.2) is 0 Å². The molecule has 0 spiro atoms. The molecule has 1 rings (SSSR count). The van der Waals surface area contributed by atoms with Crippen LogP contribution >= 0.6 is 0 Å². The second kappa shape index (κ2) is 3.59. The van der Waals surface area contributed by atoms with Crippen molar-refractivity contribution in [3.63, 3.8) is 0 Å². The summed E-state index contributed by atoms with van der Waals surface area (Å²) in [6.07, 6.45) is 0.721. The van der Waals surface area contributed by atoms with E-state index < -0.39 is 23.5 Å². The van der Waals surface area contributed by atoms with Crippen molar-refractivity contribution in [1.82, 2.24) is 0 Å². The summed E-state index contributed by atoms with van der Waals surface area (Å²) in [6.45, 7) is 5.58. The lowest BCUT2D eigenvalue weighted by Gasteiger charge is -2.24. The highest BCUT2D eigenvalue weighted by molar-refractivity contribution is 5.97. The Morgan fingerprint density at radius 2 is 2.14 bits per heavy atom. The molecule has 2 atom stereocenters. The van der Waals surface area contributed by atoms with Crippen molar-refractivity contribution in [2.75, 3.05) is 7.11 Å². The summed E-state index contributed by atoms with van der Waals surface area (Å²) in [6, 6.07) is 0. The second-order valence-corrected chi connectivity index (χ2v) is 4.04. The molecular weight excluding hydrogens is 184 g/mol. The molecule has 4 nitrogen and oxygen atoms in total. The normalized spacial score (nSPS) is 29.9. The van der Waals surface area contributed by atoms with Gasteiger partial charge in [-0.2, -0.15) is 0 Å². The van der Waals surface area contributed by atoms with Gasteiger partial charge < -0.3 is 9.47 Å². The molecule has 2 unspecified atom stereocenters. The predicted molar refractivity (Wildman–Crippen MR) is 49.5 cm³/mol. The van der Waals surface area contributed by atoms with Crippen molar-refractivity contribution in [2.45, 2.75) is 32.8 Å². The zero-order valence-corrected chi connectivity index (χ0v) is 8.99. The van der Waals surface area contributed by atoms with Gasteiger partial charge in [0.1, 0.15) is 5.60 Å². The SMILES string of the molecule is CCC1C(C(=O)OC)C(=O)OC1(C)C. The summed E-state index contributed by atoms with van der Waals surface area (Å²) >= 11 is 0. The maximum Gasteiger partial charge on any atom is 0.321 e. The van der Waals surface area contributed by atoms with Crippen LogP contribution in [0.15, 0.2) is 0 Å². The lowest BCUT2D eigenvalue weighted by molar-refractivity contribution is -0.156. The van der Waals surface area contributed by atoms with E-state index in [1.54, 1.807) is 0 Å². The van der Waals surface area contributed by atoms with Crippen LogP contribution in [0.2, 0.25) is 0 Å². The molecule has 0 N–H and O–H groups in total. The lowest BCUT2D eigenvalue weighted by Crippen LogP contribution is -2.33. The topological polar surface area (TPSA) is 52.6 Å². The highest BCUT2D eigenvalue weighted by atomic mass is 16.6. The predicted octanol–water partition coefficient (Wildman–Crippen LogP) is 1.14. The molecule has 0 radical (unpaired) electrons. The van der Waals surface area contributed by atoms with Gasteiger partial charge in [0.05, 0.1) is 7.11 Å². The third kappa shape index (κ3) is 1.61. The highest BCUT2D eigenvalue weighted by Crippen LogP contribution is 2.39. The van der Waals surface area contributed by atoms with Gasteiger partial charge in [-0.1, -0.05) is 6.92 Å². The number of hydrogen-bond donors (Lipinski definition) is 0. The quantitative estimate of drug-likeness (QED) is 0.495. The minimum Gasteiger partial charge on any atom is -0.468 e. The van der Waals surface area contributed by atoms with Crippen molar-refractivity contribution in [2.24, 2.45) is 11.8 Å². The molecular formula is C10H16O4. The molecule has 1 aliphatic heterocycles. The minimum atomic E-state index is -0.750. The first-order valence-electron chi connectivity index (χ1n) is 4.74. The molecule has 0 amide bonds. The fourth-order valence-electron chi connectivity index (χ4n) is 2.08. The molecule has 0 bridgehead atoms. The fraction of sp³-hybridized carbons (Fsp3) is 0.800. The van der Waals surface area contributed by atoms with E-state index in [-0.39, 0.29) is 5.92 Å². The van der Waals surface area contributed by atoms with E-state index in [2.05, 4.69) is 4.74 Å². The minimum absolute atomic E-state index is 0.0950. The zero-order chi connectivity index (χ0) is 10.9. The highest BCUT2D eigenvalue weighted by Gasteiger charge is 2.52. The first kappa shape index (κ1) is 11.0. The van der Waals surface area contributed by atoms with Gasteiger partial charge in [0.25, 0.3) is 0 Å². The van der Waals surface area contributed by atoms with Crippen molar-refractivity contribution >= 4 is 11.9 Å². The van der Waals surface area contributed by atoms with Crippen LogP contribution in [0, 0.1) is 11.8 Å². The number of carbonyl (C=O) groups is 2. The molecule has 0 aromatic carbocycles. The number of carbonyl (C=O) groups excluding carboxylic acids is 2. The van der Waals surface area contributed by atoms with E-state index in [4.69, 9.17) is 4.74 Å². The molecule has 0 saturated carbocycles. The first-order chi connectivity index (χ1) is 6.44. The molecule has 1 aliphatic rings.